The van der Waals surface area contributed by atoms with E-state index >= 15 is 0 Å². The van der Waals surface area contributed by atoms with E-state index in [1.165, 1.54) is 19.3 Å². The number of fused-ring (bicyclic) bond motifs is 1. The number of ketones is 1. The maximum absolute atomic E-state index is 13.5. The number of carbonyl (C=O) groups excluding carboxylic acids is 3. The zero-order chi connectivity index (χ0) is 25.7. The molecule has 1 aliphatic heterocycles. The Kier molecular flexibility index (Phi) is 8.34. The summed E-state index contributed by atoms with van der Waals surface area (Å²) in [5.41, 5.74) is 0.788. The Labute approximate surface area is 213 Å². The number of piperazine rings is 1. The zero-order valence-electron chi connectivity index (χ0n) is 21.9. The number of rotatable bonds is 7. The first-order valence-electron chi connectivity index (χ1n) is 13.3. The second kappa shape index (κ2) is 11.5. The van der Waals surface area contributed by atoms with E-state index in [0.29, 0.717) is 44.2 Å². The van der Waals surface area contributed by atoms with Gasteiger partial charge in [0.2, 0.25) is 0 Å². The van der Waals surface area contributed by atoms with Crippen molar-refractivity contribution in [3.63, 3.8) is 0 Å². The van der Waals surface area contributed by atoms with Gasteiger partial charge in [0, 0.05) is 62.9 Å². The lowest BCUT2D eigenvalue weighted by Crippen LogP contribution is -2.52. The number of nitrogens with zero attached hydrogens (tertiary/aromatic N) is 3. The molecule has 36 heavy (non-hydrogen) atoms. The minimum absolute atomic E-state index is 0.277. The van der Waals surface area contributed by atoms with Crippen molar-refractivity contribution in [3.05, 3.63) is 36.0 Å². The maximum Gasteiger partial charge on any atom is 0.410 e. The van der Waals surface area contributed by atoms with Gasteiger partial charge >= 0.3 is 6.09 Å². The van der Waals surface area contributed by atoms with Crippen LogP contribution in [0.25, 0.3) is 10.9 Å². The third-order valence-electron chi connectivity index (χ3n) is 7.23. The van der Waals surface area contributed by atoms with Crippen molar-refractivity contribution in [1.29, 1.82) is 0 Å². The van der Waals surface area contributed by atoms with E-state index in [0.717, 1.165) is 36.8 Å². The standard InChI is InChI=1S/C28H40N4O4/c1-28(2,3)36-27(35)31-16-13-30(14-17-31)15-18-32(20-21-9-5-4-6-10-21)26(34)25(33)23-19-29-24-12-8-7-11-22(23)24/h7-8,11-12,19,21,29H,4-6,9-10,13-18,20H2,1-3H3. The van der Waals surface area contributed by atoms with Crippen molar-refractivity contribution in [2.75, 3.05) is 45.8 Å². The monoisotopic (exact) mass is 496 g/mol. The summed E-state index contributed by atoms with van der Waals surface area (Å²) in [5, 5.41) is 0.784. The molecular formula is C28H40N4O4. The van der Waals surface area contributed by atoms with Gasteiger partial charge in [-0.05, 0) is 45.6 Å². The van der Waals surface area contributed by atoms with E-state index in [4.69, 9.17) is 4.74 Å². The van der Waals surface area contributed by atoms with Crippen LogP contribution in [0.3, 0.4) is 0 Å². The SMILES string of the molecule is CC(C)(C)OC(=O)N1CCN(CCN(CC2CCCCC2)C(=O)C(=O)c2c[nH]c3ccccc23)CC1. The molecule has 0 radical (unpaired) electrons. The van der Waals surface area contributed by atoms with Crippen LogP contribution < -0.4 is 0 Å². The third-order valence-corrected chi connectivity index (χ3v) is 7.23. The highest BCUT2D eigenvalue weighted by Gasteiger charge is 2.30. The minimum Gasteiger partial charge on any atom is -0.444 e. The smallest absolute Gasteiger partial charge is 0.410 e. The van der Waals surface area contributed by atoms with Crippen molar-refractivity contribution in [2.45, 2.75) is 58.5 Å². The Hall–Kier alpha value is -2.87. The molecule has 2 heterocycles. The Morgan fingerprint density at radius 3 is 2.42 bits per heavy atom. The quantitative estimate of drug-likeness (QED) is 0.456. The summed E-state index contributed by atoms with van der Waals surface area (Å²) >= 11 is 0. The molecule has 1 aliphatic carbocycles. The molecule has 0 unspecified atom stereocenters. The predicted octanol–water partition coefficient (Wildman–Crippen LogP) is 4.31. The first-order chi connectivity index (χ1) is 17.2. The van der Waals surface area contributed by atoms with Gasteiger partial charge in [0.05, 0.1) is 5.56 Å². The number of aromatic amines is 1. The summed E-state index contributed by atoms with van der Waals surface area (Å²) in [6.45, 7) is 10.1. The van der Waals surface area contributed by atoms with Gasteiger partial charge in [0.15, 0.2) is 0 Å². The molecule has 4 rings (SSSR count). The number of carbonyl (C=O) groups is 3. The Morgan fingerprint density at radius 2 is 1.72 bits per heavy atom. The highest BCUT2D eigenvalue weighted by atomic mass is 16.6. The number of ether oxygens (including phenoxy) is 1. The molecule has 1 aromatic heterocycles. The largest absolute Gasteiger partial charge is 0.444 e. The second-order valence-electron chi connectivity index (χ2n) is 11.1. The molecular weight excluding hydrogens is 456 g/mol. The van der Waals surface area contributed by atoms with Crippen molar-refractivity contribution >= 4 is 28.7 Å². The Bertz CT molecular complexity index is 1060. The highest BCUT2D eigenvalue weighted by Crippen LogP contribution is 2.25. The Morgan fingerprint density at radius 1 is 1.03 bits per heavy atom. The number of H-pyrrole nitrogens is 1. The highest BCUT2D eigenvalue weighted by molar-refractivity contribution is 6.44. The van der Waals surface area contributed by atoms with E-state index in [-0.39, 0.29) is 6.09 Å². The predicted molar refractivity (Wildman–Crippen MR) is 140 cm³/mol. The van der Waals surface area contributed by atoms with Gasteiger partial charge in [-0.1, -0.05) is 37.5 Å². The number of hydrogen-bond donors (Lipinski definition) is 1. The Balaban J connectivity index is 1.38. The molecule has 1 aromatic carbocycles. The van der Waals surface area contributed by atoms with Crippen molar-refractivity contribution in [3.8, 4) is 0 Å². The fourth-order valence-electron chi connectivity index (χ4n) is 5.22. The van der Waals surface area contributed by atoms with Gasteiger partial charge in [-0.2, -0.15) is 0 Å². The minimum atomic E-state index is -0.508. The number of aromatic nitrogens is 1. The average molecular weight is 497 g/mol. The third kappa shape index (κ3) is 6.66. The van der Waals surface area contributed by atoms with Gasteiger partial charge in [0.1, 0.15) is 5.60 Å². The fraction of sp³-hybridized carbons (Fsp3) is 0.607. The number of para-hydroxylation sites is 1. The van der Waals surface area contributed by atoms with Gasteiger partial charge in [0.25, 0.3) is 11.7 Å². The molecule has 0 spiro atoms. The average Bonchev–Trinajstić information content (AvgIpc) is 3.30. The van der Waals surface area contributed by atoms with E-state index in [2.05, 4.69) is 9.88 Å². The van der Waals surface area contributed by atoms with Gasteiger partial charge in [-0.3, -0.25) is 14.5 Å². The van der Waals surface area contributed by atoms with Crippen LogP contribution in [-0.4, -0.2) is 88.9 Å². The van der Waals surface area contributed by atoms with Crippen molar-refractivity contribution in [1.82, 2.24) is 19.7 Å². The van der Waals surface area contributed by atoms with Gasteiger partial charge in [-0.25, -0.2) is 4.79 Å². The zero-order valence-corrected chi connectivity index (χ0v) is 21.9. The van der Waals surface area contributed by atoms with E-state index in [1.54, 1.807) is 16.0 Å². The summed E-state index contributed by atoms with van der Waals surface area (Å²) in [6, 6.07) is 7.58. The van der Waals surface area contributed by atoms with Crippen LogP contribution in [0.4, 0.5) is 4.79 Å². The molecule has 1 saturated carbocycles. The molecule has 8 nitrogen and oxygen atoms in total. The normalized spacial score (nSPS) is 17.8. The summed E-state index contributed by atoms with van der Waals surface area (Å²) in [5.74, 6) is -0.418. The molecule has 0 atom stereocenters. The van der Waals surface area contributed by atoms with Crippen LogP contribution in [0.2, 0.25) is 0 Å². The van der Waals surface area contributed by atoms with Crippen LogP contribution in [0.15, 0.2) is 30.5 Å². The molecule has 8 heteroatoms. The van der Waals surface area contributed by atoms with Crippen LogP contribution in [0, 0.1) is 5.92 Å². The molecule has 2 aliphatic rings. The lowest BCUT2D eigenvalue weighted by Gasteiger charge is -2.37. The number of Topliss-reactive ketones (excluding diaryl/α,β-unsaturated/α-hetero) is 1. The lowest BCUT2D eigenvalue weighted by atomic mass is 9.89. The maximum atomic E-state index is 13.5. The van der Waals surface area contributed by atoms with Crippen LogP contribution in [0.1, 0.15) is 63.2 Å². The topological polar surface area (TPSA) is 85.9 Å². The number of nitrogens with one attached hydrogen (secondary N) is 1. The van der Waals surface area contributed by atoms with Crippen molar-refractivity contribution < 1.29 is 19.1 Å². The lowest BCUT2D eigenvalue weighted by molar-refractivity contribution is -0.127. The summed E-state index contributed by atoms with van der Waals surface area (Å²) in [6.07, 6.45) is 7.23. The summed E-state index contributed by atoms with van der Waals surface area (Å²) in [7, 11) is 0. The number of hydrogen-bond acceptors (Lipinski definition) is 5. The van der Waals surface area contributed by atoms with E-state index in [9.17, 15) is 14.4 Å². The van der Waals surface area contributed by atoms with Crippen LogP contribution in [-0.2, 0) is 9.53 Å². The van der Waals surface area contributed by atoms with Crippen LogP contribution in [0.5, 0.6) is 0 Å². The van der Waals surface area contributed by atoms with E-state index < -0.39 is 17.3 Å². The number of benzene rings is 1. The van der Waals surface area contributed by atoms with Crippen molar-refractivity contribution in [2.24, 2.45) is 5.92 Å². The number of amides is 2. The summed E-state index contributed by atoms with van der Waals surface area (Å²) < 4.78 is 5.49. The van der Waals surface area contributed by atoms with Crippen LogP contribution >= 0.6 is 0 Å². The molecule has 2 fully saturated rings. The molecule has 1 saturated heterocycles. The molecule has 196 valence electrons. The second-order valence-corrected chi connectivity index (χ2v) is 11.1. The first kappa shape index (κ1) is 26.2. The molecule has 1 N–H and O–H groups in total. The first-order valence-corrected chi connectivity index (χ1v) is 13.3. The molecule has 2 amide bonds. The summed E-state index contributed by atoms with van der Waals surface area (Å²) in [4.78, 5) is 48.1. The molecule has 2 aromatic rings. The van der Waals surface area contributed by atoms with Gasteiger partial charge < -0.3 is 19.5 Å². The van der Waals surface area contributed by atoms with Gasteiger partial charge in [-0.15, -0.1) is 0 Å². The molecule has 0 bridgehead atoms. The van der Waals surface area contributed by atoms with E-state index in [1.807, 2.05) is 45.0 Å². The fourth-order valence-corrected chi connectivity index (χ4v) is 5.22.